The molecular weight excluding hydrogens is 459 g/mol. The number of aromatic nitrogens is 1. The lowest BCUT2D eigenvalue weighted by Gasteiger charge is -2.26. The van der Waals surface area contributed by atoms with Gasteiger partial charge in [0.05, 0.1) is 25.5 Å². The van der Waals surface area contributed by atoms with Crippen LogP contribution in [0.15, 0.2) is 41.4 Å². The van der Waals surface area contributed by atoms with Gasteiger partial charge in [-0.3, -0.25) is 9.88 Å². The van der Waals surface area contributed by atoms with E-state index in [9.17, 15) is 18.0 Å². The second kappa shape index (κ2) is 13.3. The predicted octanol–water partition coefficient (Wildman–Crippen LogP) is 4.65. The topological polar surface area (TPSA) is 86.9 Å². The van der Waals surface area contributed by atoms with Crippen LogP contribution >= 0.6 is 12.6 Å². The van der Waals surface area contributed by atoms with E-state index < -0.39 is 12.5 Å². The van der Waals surface area contributed by atoms with Gasteiger partial charge >= 0.3 is 12.5 Å². The average molecular weight is 488 g/mol. The lowest BCUT2D eigenvalue weighted by molar-refractivity contribution is -0.274. The zero-order valence-corrected chi connectivity index (χ0v) is 19.2. The quantitative estimate of drug-likeness (QED) is 0.437. The number of primary amides is 1. The number of rotatable bonds is 7. The molecule has 1 aliphatic heterocycles. The fourth-order valence-corrected chi connectivity index (χ4v) is 3.18. The van der Waals surface area contributed by atoms with Gasteiger partial charge in [0.25, 0.3) is 0 Å². The number of hydrogen-bond donors (Lipinski definition) is 2. The molecular formula is C22H28F3N3O4S. The molecule has 7 nitrogen and oxygen atoms in total. The molecule has 0 bridgehead atoms. The lowest BCUT2D eigenvalue weighted by Crippen LogP contribution is -2.35. The number of morpholine rings is 1. The van der Waals surface area contributed by atoms with Gasteiger partial charge in [-0.05, 0) is 36.2 Å². The van der Waals surface area contributed by atoms with Gasteiger partial charge in [0.1, 0.15) is 5.75 Å². The second-order valence-corrected chi connectivity index (χ2v) is 7.67. The summed E-state index contributed by atoms with van der Waals surface area (Å²) in [5.74, 6) is -0.292. The molecule has 2 heterocycles. The third kappa shape index (κ3) is 10.3. The minimum absolute atomic E-state index is 0.292. The molecule has 2 N–H and O–H groups in total. The van der Waals surface area contributed by atoms with E-state index in [4.69, 9.17) is 4.74 Å². The van der Waals surface area contributed by atoms with Gasteiger partial charge in [-0.15, -0.1) is 25.8 Å². The number of carbonyl (C=O) groups is 1. The highest BCUT2D eigenvalue weighted by molar-refractivity contribution is 7.80. The van der Waals surface area contributed by atoms with E-state index in [1.165, 1.54) is 18.2 Å². The summed E-state index contributed by atoms with van der Waals surface area (Å²) in [7, 11) is 0. The first-order valence-corrected chi connectivity index (χ1v) is 10.9. The van der Waals surface area contributed by atoms with Crippen molar-refractivity contribution < 1.29 is 32.2 Å². The number of amides is 1. The summed E-state index contributed by atoms with van der Waals surface area (Å²) in [6.07, 6.45) is -1.77. The summed E-state index contributed by atoms with van der Waals surface area (Å²) in [4.78, 5) is 17.0. The monoisotopic (exact) mass is 487 g/mol. The molecule has 182 valence electrons. The van der Waals surface area contributed by atoms with Crippen LogP contribution in [-0.4, -0.2) is 55.2 Å². The molecule has 11 heteroatoms. The van der Waals surface area contributed by atoms with Crippen molar-refractivity contribution in [1.82, 2.24) is 9.88 Å². The molecule has 1 fully saturated rings. The van der Waals surface area contributed by atoms with Gasteiger partial charge in [0.15, 0.2) is 0 Å². The van der Waals surface area contributed by atoms with Crippen LogP contribution in [-0.2, 0) is 16.0 Å². The highest BCUT2D eigenvalue weighted by atomic mass is 32.1. The van der Waals surface area contributed by atoms with Crippen molar-refractivity contribution in [3.8, 4) is 17.0 Å². The van der Waals surface area contributed by atoms with E-state index in [1.807, 2.05) is 13.0 Å². The standard InChI is InChI=1S/C17H17F3N2O2S.C5H11NO2/c18-17(19,20)24-13-2-4-16(25)14(9-13)15-3-1-12(10-21-15)11-22-5-7-23-8-6-22;1-2-3-4-8-5(6)7/h1-4,9-10,25H,5-8,11H2;2-4H2,1H3,(H2,6,7). The Balaban J connectivity index is 0.000000414. The molecule has 0 atom stereocenters. The zero-order valence-electron chi connectivity index (χ0n) is 18.3. The number of nitrogens with two attached hydrogens (primary N) is 1. The molecule has 0 radical (unpaired) electrons. The van der Waals surface area contributed by atoms with E-state index >= 15 is 0 Å². The Morgan fingerprint density at radius 3 is 2.55 bits per heavy atom. The van der Waals surface area contributed by atoms with E-state index in [0.29, 0.717) is 22.8 Å². The first kappa shape index (κ1) is 26.7. The number of carbonyl (C=O) groups excluding carboxylic acids is 1. The maximum Gasteiger partial charge on any atom is 0.573 e. The zero-order chi connectivity index (χ0) is 24.3. The molecule has 2 aromatic rings. The van der Waals surface area contributed by atoms with Gasteiger partial charge < -0.3 is 19.9 Å². The summed E-state index contributed by atoms with van der Waals surface area (Å²) in [6, 6.07) is 7.68. The number of ether oxygens (including phenoxy) is 3. The average Bonchev–Trinajstić information content (AvgIpc) is 2.76. The molecule has 0 unspecified atom stereocenters. The molecule has 0 aliphatic carbocycles. The minimum atomic E-state index is -4.73. The largest absolute Gasteiger partial charge is 0.573 e. The number of nitrogens with zero attached hydrogens (tertiary/aromatic N) is 2. The molecule has 1 aromatic heterocycles. The molecule has 0 saturated carbocycles. The molecule has 33 heavy (non-hydrogen) atoms. The Bertz CT molecular complexity index is 876. The summed E-state index contributed by atoms with van der Waals surface area (Å²) < 4.78 is 50.8. The first-order valence-electron chi connectivity index (χ1n) is 10.4. The number of pyridine rings is 1. The van der Waals surface area contributed by atoms with Crippen LogP contribution in [0.1, 0.15) is 25.3 Å². The van der Waals surface area contributed by atoms with E-state index in [-0.39, 0.29) is 5.75 Å². The van der Waals surface area contributed by atoms with Crippen molar-refractivity contribution in [1.29, 1.82) is 0 Å². The van der Waals surface area contributed by atoms with Crippen molar-refractivity contribution in [3.63, 3.8) is 0 Å². The van der Waals surface area contributed by atoms with Gasteiger partial charge in [0, 0.05) is 36.3 Å². The number of halogens is 3. The molecule has 3 rings (SSSR count). The van der Waals surface area contributed by atoms with Gasteiger partial charge in [-0.2, -0.15) is 0 Å². The Hall–Kier alpha value is -2.50. The van der Waals surface area contributed by atoms with Gasteiger partial charge in [-0.25, -0.2) is 4.79 Å². The first-order chi connectivity index (χ1) is 15.7. The van der Waals surface area contributed by atoms with Gasteiger partial charge in [-0.1, -0.05) is 19.4 Å². The number of unbranched alkanes of at least 4 members (excludes halogenated alkanes) is 1. The van der Waals surface area contributed by atoms with Crippen LogP contribution < -0.4 is 10.5 Å². The molecule has 0 spiro atoms. The van der Waals surface area contributed by atoms with Crippen molar-refractivity contribution in [3.05, 3.63) is 42.1 Å². The third-order valence-corrected chi connectivity index (χ3v) is 4.94. The highest BCUT2D eigenvalue weighted by Crippen LogP contribution is 2.32. The van der Waals surface area contributed by atoms with E-state index in [2.05, 4.69) is 37.7 Å². The van der Waals surface area contributed by atoms with Crippen LogP contribution in [0.3, 0.4) is 0 Å². The molecule has 1 amide bonds. The Morgan fingerprint density at radius 2 is 1.97 bits per heavy atom. The fraction of sp³-hybridized carbons (Fsp3) is 0.455. The van der Waals surface area contributed by atoms with Crippen molar-refractivity contribution in [2.75, 3.05) is 32.9 Å². The van der Waals surface area contributed by atoms with E-state index in [0.717, 1.165) is 51.3 Å². The Morgan fingerprint density at radius 1 is 1.24 bits per heavy atom. The maximum atomic E-state index is 12.4. The van der Waals surface area contributed by atoms with Crippen molar-refractivity contribution in [2.24, 2.45) is 5.73 Å². The maximum absolute atomic E-state index is 12.4. The second-order valence-electron chi connectivity index (χ2n) is 7.19. The summed E-state index contributed by atoms with van der Waals surface area (Å²) in [5, 5.41) is 0. The van der Waals surface area contributed by atoms with Crippen LogP contribution in [0.25, 0.3) is 11.3 Å². The van der Waals surface area contributed by atoms with E-state index in [1.54, 1.807) is 12.3 Å². The number of benzene rings is 1. The van der Waals surface area contributed by atoms with Crippen molar-refractivity contribution in [2.45, 2.75) is 37.6 Å². The Labute approximate surface area is 196 Å². The normalized spacial score (nSPS) is 14.2. The van der Waals surface area contributed by atoms with Crippen LogP contribution in [0.5, 0.6) is 5.75 Å². The van der Waals surface area contributed by atoms with Crippen LogP contribution in [0, 0.1) is 0 Å². The number of alkyl halides is 3. The van der Waals surface area contributed by atoms with Crippen LogP contribution in [0.2, 0.25) is 0 Å². The fourth-order valence-electron chi connectivity index (χ4n) is 2.93. The Kier molecular flexibility index (Phi) is 10.8. The smallest absolute Gasteiger partial charge is 0.450 e. The third-order valence-electron chi connectivity index (χ3n) is 4.55. The molecule has 1 aromatic carbocycles. The van der Waals surface area contributed by atoms with Gasteiger partial charge in [0.2, 0.25) is 0 Å². The summed E-state index contributed by atoms with van der Waals surface area (Å²) >= 11 is 4.30. The number of thiol groups is 1. The summed E-state index contributed by atoms with van der Waals surface area (Å²) in [5.41, 5.74) is 6.74. The number of hydrogen-bond acceptors (Lipinski definition) is 7. The predicted molar refractivity (Wildman–Crippen MR) is 120 cm³/mol. The minimum Gasteiger partial charge on any atom is -0.450 e. The molecule has 1 saturated heterocycles. The van der Waals surface area contributed by atoms with Crippen LogP contribution in [0.4, 0.5) is 18.0 Å². The SMILES string of the molecule is CCCCOC(N)=O.FC(F)(F)Oc1ccc(S)c(-c2ccc(CN3CCOCC3)cn2)c1. The molecule has 1 aliphatic rings. The highest BCUT2D eigenvalue weighted by Gasteiger charge is 2.31. The summed E-state index contributed by atoms with van der Waals surface area (Å²) in [6.45, 7) is 6.43. The van der Waals surface area contributed by atoms with Crippen molar-refractivity contribution >= 4 is 18.7 Å². The lowest BCUT2D eigenvalue weighted by atomic mass is 10.1.